The molecule has 3 heteroatoms. The van der Waals surface area contributed by atoms with E-state index in [-0.39, 0.29) is 12.0 Å². The average molecular weight is 263 g/mol. The van der Waals surface area contributed by atoms with Crippen molar-refractivity contribution in [3.63, 3.8) is 0 Å². The first-order valence-corrected chi connectivity index (χ1v) is 6.98. The molecule has 106 valence electrons. The topological polar surface area (TPSA) is 38.3 Å². The number of hydrogen-bond donors (Lipinski definition) is 1. The maximum atomic E-state index is 11.6. The number of esters is 1. The predicted octanol–water partition coefficient (Wildman–Crippen LogP) is 2.86. The molecule has 0 aliphatic carbocycles. The van der Waals surface area contributed by atoms with Gasteiger partial charge in [-0.15, -0.1) is 0 Å². The summed E-state index contributed by atoms with van der Waals surface area (Å²) in [5.74, 6) is -0.132. The molecule has 1 aromatic rings. The highest BCUT2D eigenvalue weighted by molar-refractivity contribution is 5.70. The molecule has 0 amide bonds. The Morgan fingerprint density at radius 2 is 1.89 bits per heavy atom. The molecule has 3 nitrogen and oxygen atoms in total. The van der Waals surface area contributed by atoms with Crippen molar-refractivity contribution in [1.29, 1.82) is 0 Å². The van der Waals surface area contributed by atoms with Crippen molar-refractivity contribution in [3.8, 4) is 0 Å². The summed E-state index contributed by atoms with van der Waals surface area (Å²) in [6.45, 7) is 8.54. The van der Waals surface area contributed by atoms with E-state index in [1.807, 2.05) is 6.92 Å². The lowest BCUT2D eigenvalue weighted by Crippen LogP contribution is -2.38. The van der Waals surface area contributed by atoms with Gasteiger partial charge < -0.3 is 10.1 Å². The zero-order valence-corrected chi connectivity index (χ0v) is 12.4. The zero-order valence-electron chi connectivity index (χ0n) is 12.4. The fourth-order valence-electron chi connectivity index (χ4n) is 2.09. The lowest BCUT2D eigenvalue weighted by molar-refractivity contribution is -0.143. The van der Waals surface area contributed by atoms with Crippen LogP contribution < -0.4 is 5.32 Å². The van der Waals surface area contributed by atoms with Crippen LogP contribution in [0.1, 0.15) is 38.3 Å². The van der Waals surface area contributed by atoms with E-state index in [4.69, 9.17) is 4.74 Å². The number of ether oxygens (including phenoxy) is 1. The molecule has 0 aromatic heterocycles. The molecule has 19 heavy (non-hydrogen) atoms. The minimum absolute atomic E-state index is 0.127. The molecule has 0 aliphatic rings. The summed E-state index contributed by atoms with van der Waals surface area (Å²) >= 11 is 0. The normalized spacial score (nSPS) is 12.5. The zero-order chi connectivity index (χ0) is 14.3. The summed E-state index contributed by atoms with van der Waals surface area (Å²) in [6.07, 6.45) is 1.26. The summed E-state index contributed by atoms with van der Waals surface area (Å²) < 4.78 is 5.03. The first-order chi connectivity index (χ1) is 9.01. The fourth-order valence-corrected chi connectivity index (χ4v) is 2.09. The van der Waals surface area contributed by atoms with Crippen LogP contribution in [0, 0.1) is 6.92 Å². The Kier molecular flexibility index (Phi) is 6.57. The molecule has 1 unspecified atom stereocenters. The molecular weight excluding hydrogens is 238 g/mol. The van der Waals surface area contributed by atoms with Crippen LogP contribution in [0.25, 0.3) is 0 Å². The van der Waals surface area contributed by atoms with Gasteiger partial charge in [-0.05, 0) is 25.8 Å². The SMILES string of the molecule is CCOC(=O)CC(Cc1ccc(C)cc1)NC(C)C. The van der Waals surface area contributed by atoms with Gasteiger partial charge in [-0.1, -0.05) is 43.7 Å². The maximum Gasteiger partial charge on any atom is 0.307 e. The molecular formula is C16H25NO2. The van der Waals surface area contributed by atoms with Crippen LogP contribution in [0.3, 0.4) is 0 Å². The van der Waals surface area contributed by atoms with Gasteiger partial charge in [0.1, 0.15) is 0 Å². The highest BCUT2D eigenvalue weighted by atomic mass is 16.5. The van der Waals surface area contributed by atoms with Crippen LogP contribution in [0.2, 0.25) is 0 Å². The van der Waals surface area contributed by atoms with Crippen molar-refractivity contribution in [2.75, 3.05) is 6.61 Å². The molecule has 1 atom stereocenters. The Labute approximate surface area is 116 Å². The van der Waals surface area contributed by atoms with Crippen molar-refractivity contribution < 1.29 is 9.53 Å². The Morgan fingerprint density at radius 1 is 1.26 bits per heavy atom. The molecule has 0 saturated heterocycles. The molecule has 0 aliphatic heterocycles. The number of carbonyl (C=O) groups excluding carboxylic acids is 1. The minimum atomic E-state index is -0.132. The molecule has 0 saturated carbocycles. The van der Waals surface area contributed by atoms with Crippen LogP contribution in [-0.4, -0.2) is 24.7 Å². The van der Waals surface area contributed by atoms with Crippen molar-refractivity contribution in [1.82, 2.24) is 5.32 Å². The number of benzene rings is 1. The van der Waals surface area contributed by atoms with Gasteiger partial charge in [0.05, 0.1) is 13.0 Å². The third-order valence-corrected chi connectivity index (χ3v) is 2.89. The largest absolute Gasteiger partial charge is 0.466 e. The number of hydrogen-bond acceptors (Lipinski definition) is 3. The van der Waals surface area contributed by atoms with E-state index in [2.05, 4.69) is 50.4 Å². The van der Waals surface area contributed by atoms with Gasteiger partial charge in [0.2, 0.25) is 0 Å². The van der Waals surface area contributed by atoms with Gasteiger partial charge in [0, 0.05) is 12.1 Å². The minimum Gasteiger partial charge on any atom is -0.466 e. The average Bonchev–Trinajstić information content (AvgIpc) is 2.31. The summed E-state index contributed by atoms with van der Waals surface area (Å²) in [6, 6.07) is 8.93. The first-order valence-electron chi connectivity index (χ1n) is 6.98. The molecule has 0 radical (unpaired) electrons. The van der Waals surface area contributed by atoms with E-state index >= 15 is 0 Å². The van der Waals surface area contributed by atoms with E-state index in [1.54, 1.807) is 0 Å². The number of nitrogens with one attached hydrogen (secondary N) is 1. The lowest BCUT2D eigenvalue weighted by Gasteiger charge is -2.20. The second-order valence-corrected chi connectivity index (χ2v) is 5.22. The number of rotatable bonds is 7. The quantitative estimate of drug-likeness (QED) is 0.769. The summed E-state index contributed by atoms with van der Waals surface area (Å²) in [7, 11) is 0. The molecule has 1 rings (SSSR count). The van der Waals surface area contributed by atoms with Crippen molar-refractivity contribution in [2.45, 2.75) is 52.6 Å². The van der Waals surface area contributed by atoms with Gasteiger partial charge in [-0.25, -0.2) is 0 Å². The Hall–Kier alpha value is -1.35. The third kappa shape index (κ3) is 6.39. The maximum absolute atomic E-state index is 11.6. The van der Waals surface area contributed by atoms with E-state index < -0.39 is 0 Å². The summed E-state index contributed by atoms with van der Waals surface area (Å²) in [5.41, 5.74) is 2.50. The van der Waals surface area contributed by atoms with Gasteiger partial charge in [0.25, 0.3) is 0 Å². The second kappa shape index (κ2) is 7.95. The van der Waals surface area contributed by atoms with Gasteiger partial charge in [-0.3, -0.25) is 4.79 Å². The first kappa shape index (κ1) is 15.7. The smallest absolute Gasteiger partial charge is 0.307 e. The van der Waals surface area contributed by atoms with Crippen LogP contribution in [-0.2, 0) is 16.0 Å². The Balaban J connectivity index is 2.63. The van der Waals surface area contributed by atoms with Crippen LogP contribution in [0.15, 0.2) is 24.3 Å². The molecule has 0 heterocycles. The van der Waals surface area contributed by atoms with Crippen LogP contribution in [0.5, 0.6) is 0 Å². The highest BCUT2D eigenvalue weighted by Crippen LogP contribution is 2.09. The Bertz CT molecular complexity index is 384. The Morgan fingerprint density at radius 3 is 2.42 bits per heavy atom. The summed E-state index contributed by atoms with van der Waals surface area (Å²) in [4.78, 5) is 11.6. The lowest BCUT2D eigenvalue weighted by atomic mass is 10.0. The molecule has 1 aromatic carbocycles. The fraction of sp³-hybridized carbons (Fsp3) is 0.562. The number of carbonyl (C=O) groups is 1. The summed E-state index contributed by atoms with van der Waals surface area (Å²) in [5, 5.41) is 3.43. The van der Waals surface area contributed by atoms with Crippen molar-refractivity contribution in [2.24, 2.45) is 0 Å². The molecule has 1 N–H and O–H groups in total. The molecule has 0 bridgehead atoms. The van der Waals surface area contributed by atoms with Gasteiger partial charge in [-0.2, -0.15) is 0 Å². The standard InChI is InChI=1S/C16H25NO2/c1-5-19-16(18)11-15(17-12(2)3)10-14-8-6-13(4)7-9-14/h6-9,12,15,17H,5,10-11H2,1-4H3. The molecule has 0 spiro atoms. The molecule has 0 fully saturated rings. The van der Waals surface area contributed by atoms with Crippen molar-refractivity contribution in [3.05, 3.63) is 35.4 Å². The van der Waals surface area contributed by atoms with E-state index in [9.17, 15) is 4.79 Å². The van der Waals surface area contributed by atoms with Gasteiger partial charge in [0.15, 0.2) is 0 Å². The third-order valence-electron chi connectivity index (χ3n) is 2.89. The van der Waals surface area contributed by atoms with Crippen LogP contribution >= 0.6 is 0 Å². The second-order valence-electron chi connectivity index (χ2n) is 5.22. The highest BCUT2D eigenvalue weighted by Gasteiger charge is 2.16. The van der Waals surface area contributed by atoms with E-state index in [0.29, 0.717) is 19.1 Å². The number of aryl methyl sites for hydroxylation is 1. The van der Waals surface area contributed by atoms with Gasteiger partial charge >= 0.3 is 5.97 Å². The monoisotopic (exact) mass is 263 g/mol. The predicted molar refractivity (Wildman–Crippen MR) is 78.2 cm³/mol. The van der Waals surface area contributed by atoms with E-state index in [1.165, 1.54) is 11.1 Å². The van der Waals surface area contributed by atoms with E-state index in [0.717, 1.165) is 6.42 Å². The van der Waals surface area contributed by atoms with Crippen molar-refractivity contribution >= 4 is 5.97 Å². The van der Waals surface area contributed by atoms with Crippen LogP contribution in [0.4, 0.5) is 0 Å².